The molecule has 0 aromatic rings. The highest BCUT2D eigenvalue weighted by atomic mass is 16.8. The number of hydrogen-bond acceptors (Lipinski definition) is 35. The number of aliphatic hydroxyl groups excluding tert-OH is 20. The standard InChI is InChI=1S/C42H71NO34.H2O/c43-15-16(51)36-64-8(1-44)29(15)71-37-23(58)17(52)31(10(3-46)65-37)73-39-25(60)19(54)33(12(5-48)67-39)75-41-27(62)21(56)35(14(7-50)69-41)77-42-28(63)22(57)34(13(6-49)70-42)76-40-26(61)20(55)32(11(4-47)68-40)74-38-24(59)18(53)30(72-36)9(2-45)66-38;/h8-42,44-63H,1-7,43H2;1H2. The van der Waals surface area contributed by atoms with Crippen LogP contribution in [0.5, 0.6) is 0 Å². The van der Waals surface area contributed by atoms with Gasteiger partial charge in [-0.2, -0.15) is 0 Å². The number of rotatable bonds is 7. The Morgan fingerprint density at radius 2 is 0.346 bits per heavy atom. The molecule has 0 amide bonds. The van der Waals surface area contributed by atoms with Crippen molar-refractivity contribution in [1.82, 2.24) is 0 Å². The number of aliphatic hydroxyl groups is 20. The van der Waals surface area contributed by atoms with Crippen molar-refractivity contribution in [3.8, 4) is 0 Å². The topological polar surface area (TPSA) is 591 Å². The molecule has 14 bridgehead atoms. The number of nitrogens with two attached hydrogens (primary N) is 1. The zero-order valence-electron chi connectivity index (χ0n) is 40.9. The van der Waals surface area contributed by atoms with Crippen molar-refractivity contribution >= 4 is 0 Å². The van der Waals surface area contributed by atoms with E-state index >= 15 is 0 Å². The fraction of sp³-hybridized carbons (Fsp3) is 1.00. The van der Waals surface area contributed by atoms with Crippen molar-refractivity contribution in [1.29, 1.82) is 0 Å². The summed E-state index contributed by atoms with van der Waals surface area (Å²) in [5.74, 6) is 0. The summed E-state index contributed by atoms with van der Waals surface area (Å²) in [6.07, 6.45) is -66.7. The Labute approximate surface area is 440 Å². The second-order valence-electron chi connectivity index (χ2n) is 19.7. The summed E-state index contributed by atoms with van der Waals surface area (Å²) in [6.45, 7) is -7.15. The Kier molecular flexibility index (Phi) is 22.3. The van der Waals surface area contributed by atoms with Gasteiger partial charge in [-0.25, -0.2) is 0 Å². The summed E-state index contributed by atoms with van der Waals surface area (Å²) in [5, 5.41) is 219. The van der Waals surface area contributed by atoms with Gasteiger partial charge in [0.15, 0.2) is 44.0 Å². The molecule has 78 heavy (non-hydrogen) atoms. The van der Waals surface area contributed by atoms with Gasteiger partial charge >= 0.3 is 0 Å². The Morgan fingerprint density at radius 3 is 0.513 bits per heavy atom. The molecule has 0 saturated carbocycles. The van der Waals surface area contributed by atoms with Crippen LogP contribution in [0.25, 0.3) is 0 Å². The Balaban J connectivity index is 0.00000882. The van der Waals surface area contributed by atoms with Gasteiger partial charge in [-0.1, -0.05) is 0 Å². The summed E-state index contributed by atoms with van der Waals surface area (Å²) in [7, 11) is 0. The van der Waals surface area contributed by atoms with Gasteiger partial charge in [0, 0.05) is 0 Å². The monoisotopic (exact) mass is 1150 g/mol. The van der Waals surface area contributed by atoms with Gasteiger partial charge in [-0.05, 0) is 0 Å². The third-order valence-electron chi connectivity index (χ3n) is 14.9. The molecule has 35 atom stereocenters. The van der Waals surface area contributed by atoms with Crippen LogP contribution in [0.2, 0.25) is 0 Å². The zero-order chi connectivity index (χ0) is 56.1. The van der Waals surface area contributed by atoms with E-state index in [0.717, 1.165) is 0 Å². The van der Waals surface area contributed by atoms with Crippen LogP contribution in [-0.4, -0.2) is 369 Å². The van der Waals surface area contributed by atoms with Gasteiger partial charge in [-0.3, -0.25) is 0 Å². The van der Waals surface area contributed by atoms with Gasteiger partial charge in [-0.15, -0.1) is 0 Å². The van der Waals surface area contributed by atoms with Crippen LogP contribution < -0.4 is 5.73 Å². The van der Waals surface area contributed by atoms with Crippen LogP contribution in [0.1, 0.15) is 0 Å². The first-order valence-corrected chi connectivity index (χ1v) is 24.7. The Morgan fingerprint density at radius 1 is 0.205 bits per heavy atom. The molecule has 0 aromatic heterocycles. The van der Waals surface area contributed by atoms with Crippen molar-refractivity contribution in [3.63, 3.8) is 0 Å². The number of ether oxygens (including phenoxy) is 14. The van der Waals surface area contributed by atoms with Crippen molar-refractivity contribution < 1.29 is 174 Å². The van der Waals surface area contributed by atoms with E-state index in [1.54, 1.807) is 0 Å². The molecule has 0 spiro atoms. The molecule has 21 aliphatic rings. The van der Waals surface area contributed by atoms with E-state index in [1.165, 1.54) is 0 Å². The van der Waals surface area contributed by atoms with Crippen molar-refractivity contribution in [2.75, 3.05) is 46.2 Å². The molecule has 36 nitrogen and oxygen atoms in total. The van der Waals surface area contributed by atoms with Crippen LogP contribution in [0, 0.1) is 0 Å². The van der Waals surface area contributed by atoms with Crippen molar-refractivity contribution in [3.05, 3.63) is 0 Å². The maximum atomic E-state index is 11.4. The van der Waals surface area contributed by atoms with E-state index in [-0.39, 0.29) is 5.48 Å². The van der Waals surface area contributed by atoms with Crippen LogP contribution >= 0.6 is 0 Å². The molecule has 21 aliphatic heterocycles. The lowest BCUT2D eigenvalue weighted by Crippen LogP contribution is -2.69. The predicted molar refractivity (Wildman–Crippen MR) is 234 cm³/mol. The summed E-state index contributed by atoms with van der Waals surface area (Å²) < 4.78 is 79.9. The predicted octanol–water partition coefficient (Wildman–Crippen LogP) is -16.1. The van der Waals surface area contributed by atoms with Gasteiger partial charge in [0.1, 0.15) is 165 Å². The Hall–Kier alpha value is -1.44. The lowest BCUT2D eigenvalue weighted by Gasteiger charge is -2.50. The van der Waals surface area contributed by atoms with E-state index in [2.05, 4.69) is 0 Å². The van der Waals surface area contributed by atoms with Crippen LogP contribution in [-0.2, 0) is 66.3 Å². The van der Waals surface area contributed by atoms with Crippen LogP contribution in [0.15, 0.2) is 0 Å². The minimum absolute atomic E-state index is 0. The lowest BCUT2D eigenvalue weighted by molar-refractivity contribution is -0.396. The molecule has 21 saturated heterocycles. The molecule has 21 heterocycles. The first-order valence-electron chi connectivity index (χ1n) is 24.7. The molecular formula is C42H73NO35. The quantitative estimate of drug-likeness (QED) is 0.113. The summed E-state index contributed by atoms with van der Waals surface area (Å²) in [5.41, 5.74) is 6.35. The van der Waals surface area contributed by atoms with Crippen molar-refractivity contribution in [2.24, 2.45) is 5.73 Å². The van der Waals surface area contributed by atoms with E-state index in [1.807, 2.05) is 0 Å². The maximum absolute atomic E-state index is 11.4. The second kappa shape index (κ2) is 27.1. The lowest BCUT2D eigenvalue weighted by atomic mass is 9.94. The van der Waals surface area contributed by atoms with E-state index < -0.39 is 261 Å². The average Bonchev–Trinajstić information content (AvgIpc) is 3.56. The highest BCUT2D eigenvalue weighted by molar-refractivity contribution is 5.02. The summed E-state index contributed by atoms with van der Waals surface area (Å²) >= 11 is 0. The summed E-state index contributed by atoms with van der Waals surface area (Å²) in [6, 6.07) is -1.67. The molecular weight excluding hydrogens is 1080 g/mol. The third-order valence-corrected chi connectivity index (χ3v) is 14.9. The highest BCUT2D eigenvalue weighted by Gasteiger charge is 2.59. The molecule has 0 aromatic carbocycles. The van der Waals surface area contributed by atoms with Gasteiger partial charge in [0.2, 0.25) is 0 Å². The molecule has 0 aliphatic carbocycles. The first-order chi connectivity index (χ1) is 36.7. The Bertz CT molecular complexity index is 1470. The molecule has 21 rings (SSSR count). The molecule has 0 radical (unpaired) electrons. The fourth-order valence-corrected chi connectivity index (χ4v) is 10.5. The molecule has 36 heteroatoms. The number of hydrogen-bond donors (Lipinski definition) is 21. The molecule has 456 valence electrons. The minimum Gasteiger partial charge on any atom is -0.412 e. The maximum Gasteiger partial charge on any atom is 0.187 e. The zero-order valence-corrected chi connectivity index (χ0v) is 40.9. The normalized spacial score (nSPS) is 54.7. The molecule has 35 unspecified atom stereocenters. The van der Waals surface area contributed by atoms with E-state index in [9.17, 15) is 102 Å². The smallest absolute Gasteiger partial charge is 0.187 e. The SMILES string of the molecule is NC1C(O)C2OC(CO)C1OC1OC(CO)C(OC3OC(CO)C(OC4OC(CO)C(OC5OC(CO)C(OC6OC(CO)C(OC7OC(CO)C(O2)C(O)C7O)C(O)C6O)C(O)C5O)C(O)C4O)C(O)C3O)C(O)C1O.O. The molecule has 24 N–H and O–H groups in total. The average molecular weight is 1150 g/mol. The first kappa shape index (κ1) is 64.1. The third kappa shape index (κ3) is 12.4. The summed E-state index contributed by atoms with van der Waals surface area (Å²) in [4.78, 5) is 0. The van der Waals surface area contributed by atoms with Gasteiger partial charge in [0.05, 0.1) is 52.3 Å². The van der Waals surface area contributed by atoms with E-state index in [4.69, 9.17) is 72.0 Å². The molecule has 21 fully saturated rings. The fourth-order valence-electron chi connectivity index (χ4n) is 10.5. The van der Waals surface area contributed by atoms with E-state index in [0.29, 0.717) is 0 Å². The van der Waals surface area contributed by atoms with Crippen molar-refractivity contribution in [2.45, 2.75) is 215 Å². The van der Waals surface area contributed by atoms with Gasteiger partial charge in [0.25, 0.3) is 0 Å². The largest absolute Gasteiger partial charge is 0.412 e. The minimum atomic E-state index is -2.20. The highest BCUT2D eigenvalue weighted by Crippen LogP contribution is 2.38. The van der Waals surface area contributed by atoms with Gasteiger partial charge < -0.3 is 180 Å². The second-order valence-corrected chi connectivity index (χ2v) is 19.7. The van der Waals surface area contributed by atoms with Crippen LogP contribution in [0.4, 0.5) is 0 Å². The van der Waals surface area contributed by atoms with Crippen LogP contribution in [0.3, 0.4) is 0 Å².